The Balaban J connectivity index is 1.55. The van der Waals surface area contributed by atoms with Crippen LogP contribution >= 0.6 is 15.9 Å². The molecule has 138 valence electrons. The Morgan fingerprint density at radius 1 is 1.08 bits per heavy atom. The first-order chi connectivity index (χ1) is 12.4. The summed E-state index contributed by atoms with van der Waals surface area (Å²) >= 11 is 3.29. The summed E-state index contributed by atoms with van der Waals surface area (Å²) in [5.41, 5.74) is -0.108. The van der Waals surface area contributed by atoms with E-state index in [0.717, 1.165) is 28.6 Å². The fourth-order valence-corrected chi connectivity index (χ4v) is 3.91. The molecule has 0 unspecified atom stereocenters. The van der Waals surface area contributed by atoms with Crippen LogP contribution in [0.25, 0.3) is 0 Å². The second-order valence-corrected chi connectivity index (χ2v) is 7.73. The predicted molar refractivity (Wildman–Crippen MR) is 98.2 cm³/mol. The summed E-state index contributed by atoms with van der Waals surface area (Å²) in [7, 11) is 0. The number of amides is 5. The maximum absolute atomic E-state index is 12.7. The van der Waals surface area contributed by atoms with Gasteiger partial charge in [0, 0.05) is 16.6 Å². The number of imide groups is 2. The van der Waals surface area contributed by atoms with Gasteiger partial charge in [0.25, 0.3) is 0 Å². The van der Waals surface area contributed by atoms with Gasteiger partial charge in [0.2, 0.25) is 17.7 Å². The van der Waals surface area contributed by atoms with Crippen molar-refractivity contribution in [3.05, 3.63) is 28.7 Å². The minimum absolute atomic E-state index is 0.171. The van der Waals surface area contributed by atoms with E-state index < -0.39 is 23.9 Å². The van der Waals surface area contributed by atoms with Crippen molar-refractivity contribution in [3.63, 3.8) is 0 Å². The van der Waals surface area contributed by atoms with Gasteiger partial charge in [0.1, 0.15) is 6.54 Å². The molecule has 3 rings (SSSR count). The van der Waals surface area contributed by atoms with E-state index in [-0.39, 0.29) is 18.2 Å². The zero-order chi connectivity index (χ0) is 18.7. The lowest BCUT2D eigenvalue weighted by molar-refractivity contribution is -0.145. The monoisotopic (exact) mass is 421 g/mol. The van der Waals surface area contributed by atoms with Crippen LogP contribution in [0.15, 0.2) is 28.7 Å². The number of hydrogen-bond donors (Lipinski definition) is 2. The zero-order valence-corrected chi connectivity index (χ0v) is 15.8. The van der Waals surface area contributed by atoms with Crippen molar-refractivity contribution in [1.82, 2.24) is 10.2 Å². The zero-order valence-electron chi connectivity index (χ0n) is 14.2. The van der Waals surface area contributed by atoms with Crippen LogP contribution in [0.5, 0.6) is 0 Å². The molecule has 1 spiro atoms. The van der Waals surface area contributed by atoms with Gasteiger partial charge in [-0.3, -0.25) is 24.6 Å². The second-order valence-electron chi connectivity index (χ2n) is 6.81. The molecule has 1 aliphatic heterocycles. The Kier molecular flexibility index (Phi) is 5.41. The van der Waals surface area contributed by atoms with E-state index >= 15 is 0 Å². The van der Waals surface area contributed by atoms with Crippen molar-refractivity contribution in [1.29, 1.82) is 0 Å². The number of halogens is 1. The number of nitrogens with one attached hydrogen (secondary N) is 2. The number of anilines is 1. The topological polar surface area (TPSA) is 95.6 Å². The first-order valence-corrected chi connectivity index (χ1v) is 9.40. The van der Waals surface area contributed by atoms with Crippen molar-refractivity contribution in [2.45, 2.75) is 38.5 Å². The highest BCUT2D eigenvalue weighted by Gasteiger charge is 2.51. The third kappa shape index (κ3) is 3.95. The maximum Gasteiger partial charge on any atom is 0.325 e. The molecule has 1 saturated heterocycles. The van der Waals surface area contributed by atoms with E-state index in [1.54, 1.807) is 24.3 Å². The second kappa shape index (κ2) is 7.57. The van der Waals surface area contributed by atoms with E-state index in [0.29, 0.717) is 18.5 Å². The SMILES string of the molecule is O=C(CN1C(=O)CC2(CCCCC2)C1=O)NC(=O)Nc1ccc(Br)cc1. The van der Waals surface area contributed by atoms with Crippen molar-refractivity contribution in [3.8, 4) is 0 Å². The summed E-state index contributed by atoms with van der Waals surface area (Å²) in [5, 5.41) is 4.68. The number of rotatable bonds is 3. The molecule has 8 heteroatoms. The average Bonchev–Trinajstić information content (AvgIpc) is 2.81. The molecule has 7 nitrogen and oxygen atoms in total. The molecule has 0 radical (unpaired) electrons. The lowest BCUT2D eigenvalue weighted by Gasteiger charge is -2.30. The molecule has 1 saturated carbocycles. The summed E-state index contributed by atoms with van der Waals surface area (Å²) < 4.78 is 0.863. The van der Waals surface area contributed by atoms with E-state index in [4.69, 9.17) is 0 Å². The molecule has 26 heavy (non-hydrogen) atoms. The number of benzene rings is 1. The molecule has 1 aromatic carbocycles. The highest BCUT2D eigenvalue weighted by molar-refractivity contribution is 9.10. The van der Waals surface area contributed by atoms with Gasteiger partial charge in [-0.1, -0.05) is 35.2 Å². The summed E-state index contributed by atoms with van der Waals surface area (Å²) in [6.07, 6.45) is 4.48. The third-order valence-corrected chi connectivity index (χ3v) is 5.49. The van der Waals surface area contributed by atoms with E-state index in [9.17, 15) is 19.2 Å². The van der Waals surface area contributed by atoms with Gasteiger partial charge in [-0.05, 0) is 37.1 Å². The Morgan fingerprint density at radius 2 is 1.73 bits per heavy atom. The standard InChI is InChI=1S/C18H20BrN3O4/c19-12-4-6-13(7-5-12)20-17(26)21-14(23)11-22-15(24)10-18(16(22)25)8-2-1-3-9-18/h4-7H,1-3,8-11H2,(H2,20,21,23,26). The molecule has 2 N–H and O–H groups in total. The molecular formula is C18H20BrN3O4. The summed E-state index contributed by atoms with van der Waals surface area (Å²) in [4.78, 5) is 49.9. The number of carbonyl (C=O) groups excluding carboxylic acids is 4. The first-order valence-electron chi connectivity index (χ1n) is 8.61. The number of nitrogens with zero attached hydrogens (tertiary/aromatic N) is 1. The fraction of sp³-hybridized carbons (Fsp3) is 0.444. The van der Waals surface area contributed by atoms with Crippen molar-refractivity contribution in [2.24, 2.45) is 5.41 Å². The molecule has 1 heterocycles. The number of carbonyl (C=O) groups is 4. The Morgan fingerprint density at radius 3 is 2.38 bits per heavy atom. The van der Waals surface area contributed by atoms with Crippen LogP contribution in [0.3, 0.4) is 0 Å². The fourth-order valence-electron chi connectivity index (χ4n) is 3.64. The molecule has 0 bridgehead atoms. The van der Waals surface area contributed by atoms with Gasteiger partial charge < -0.3 is 5.32 Å². The lowest BCUT2D eigenvalue weighted by atomic mass is 9.73. The predicted octanol–water partition coefficient (Wildman–Crippen LogP) is 2.81. The first kappa shape index (κ1) is 18.6. The summed E-state index contributed by atoms with van der Waals surface area (Å²) in [6, 6.07) is 6.15. The number of urea groups is 1. The van der Waals surface area contributed by atoms with Gasteiger partial charge in [-0.15, -0.1) is 0 Å². The van der Waals surface area contributed by atoms with Gasteiger partial charge >= 0.3 is 6.03 Å². The van der Waals surface area contributed by atoms with Gasteiger partial charge in [-0.2, -0.15) is 0 Å². The quantitative estimate of drug-likeness (QED) is 0.733. The van der Waals surface area contributed by atoms with Crippen LogP contribution in [-0.4, -0.2) is 35.2 Å². The highest BCUT2D eigenvalue weighted by atomic mass is 79.9. The highest BCUT2D eigenvalue weighted by Crippen LogP contribution is 2.45. The average molecular weight is 422 g/mol. The number of hydrogen-bond acceptors (Lipinski definition) is 4. The van der Waals surface area contributed by atoms with Gasteiger partial charge in [0.15, 0.2) is 0 Å². The Bertz CT molecular complexity index is 741. The van der Waals surface area contributed by atoms with Crippen LogP contribution in [0, 0.1) is 5.41 Å². The molecule has 1 aliphatic carbocycles. The van der Waals surface area contributed by atoms with E-state index in [1.807, 2.05) is 0 Å². The molecular weight excluding hydrogens is 402 g/mol. The van der Waals surface area contributed by atoms with Crippen LogP contribution in [-0.2, 0) is 14.4 Å². The largest absolute Gasteiger partial charge is 0.325 e. The Hall–Kier alpha value is -2.22. The van der Waals surface area contributed by atoms with Gasteiger partial charge in [0.05, 0.1) is 5.41 Å². The number of likely N-dealkylation sites (tertiary alicyclic amines) is 1. The maximum atomic E-state index is 12.7. The van der Waals surface area contributed by atoms with Crippen LogP contribution in [0.1, 0.15) is 38.5 Å². The van der Waals surface area contributed by atoms with E-state index in [2.05, 4.69) is 26.6 Å². The van der Waals surface area contributed by atoms with Crippen LogP contribution in [0.2, 0.25) is 0 Å². The summed E-state index contributed by atoms with van der Waals surface area (Å²) in [6.45, 7) is -0.423. The van der Waals surface area contributed by atoms with Gasteiger partial charge in [-0.25, -0.2) is 4.79 Å². The summed E-state index contributed by atoms with van der Waals surface area (Å²) in [5.74, 6) is -1.29. The molecule has 2 aliphatic rings. The molecule has 5 amide bonds. The Labute approximate surface area is 159 Å². The van der Waals surface area contributed by atoms with Crippen molar-refractivity contribution in [2.75, 3.05) is 11.9 Å². The van der Waals surface area contributed by atoms with Crippen molar-refractivity contribution >= 4 is 45.4 Å². The molecule has 2 fully saturated rings. The van der Waals surface area contributed by atoms with E-state index in [1.165, 1.54) is 0 Å². The van der Waals surface area contributed by atoms with Crippen LogP contribution in [0.4, 0.5) is 10.5 Å². The normalized spacial score (nSPS) is 18.9. The molecule has 0 atom stereocenters. The van der Waals surface area contributed by atoms with Crippen LogP contribution < -0.4 is 10.6 Å². The smallest absolute Gasteiger partial charge is 0.308 e. The molecule has 0 aromatic heterocycles. The van der Waals surface area contributed by atoms with Crippen molar-refractivity contribution < 1.29 is 19.2 Å². The minimum atomic E-state index is -0.705. The lowest BCUT2D eigenvalue weighted by Crippen LogP contribution is -2.45. The third-order valence-electron chi connectivity index (χ3n) is 4.96. The minimum Gasteiger partial charge on any atom is -0.308 e. The molecule has 1 aromatic rings.